The quantitative estimate of drug-likeness (QED) is 0.210. The maximum absolute atomic E-state index is 13.1. The van der Waals surface area contributed by atoms with E-state index in [1.165, 1.54) is 30.3 Å². The first kappa shape index (κ1) is 20.8. The number of nitrogens with zero attached hydrogens (tertiary/aromatic N) is 2. The molecule has 1 amide bonds. The second kappa shape index (κ2) is 7.99. The minimum atomic E-state index is -1.04. The van der Waals surface area contributed by atoms with Gasteiger partial charge in [0.05, 0.1) is 22.2 Å². The van der Waals surface area contributed by atoms with Gasteiger partial charge in [-0.05, 0) is 30.2 Å². The lowest BCUT2D eigenvalue weighted by atomic mass is 9.92. The molecule has 0 spiro atoms. The van der Waals surface area contributed by atoms with Crippen LogP contribution >= 0.6 is 0 Å². The van der Waals surface area contributed by atoms with E-state index in [0.717, 1.165) is 16.5 Å². The number of phenols is 1. The Kier molecular flexibility index (Phi) is 5.19. The number of carbonyl (C=O) groups is 2. The number of amides is 1. The molecule has 1 heterocycles. The van der Waals surface area contributed by atoms with Gasteiger partial charge in [0.2, 0.25) is 0 Å². The molecule has 1 unspecified atom stereocenters. The number of non-ortho nitro benzene ring substituents is 1. The van der Waals surface area contributed by atoms with Gasteiger partial charge in [0.1, 0.15) is 11.5 Å². The molecular formula is C24H18N2O6. The summed E-state index contributed by atoms with van der Waals surface area (Å²) < 4.78 is 0. The molecule has 3 aromatic rings. The summed E-state index contributed by atoms with van der Waals surface area (Å²) in [6.45, 7) is 1.80. The van der Waals surface area contributed by atoms with Crippen molar-refractivity contribution in [2.24, 2.45) is 0 Å². The largest absolute Gasteiger partial charge is 0.507 e. The van der Waals surface area contributed by atoms with Crippen LogP contribution in [0.2, 0.25) is 0 Å². The lowest BCUT2D eigenvalue weighted by Gasteiger charge is -2.27. The monoisotopic (exact) mass is 430 g/mol. The Morgan fingerprint density at radius 1 is 1.00 bits per heavy atom. The first-order valence-corrected chi connectivity index (χ1v) is 9.70. The normalized spacial score (nSPS) is 17.5. The van der Waals surface area contributed by atoms with Crippen molar-refractivity contribution in [3.05, 3.63) is 105 Å². The molecule has 0 radical (unpaired) electrons. The summed E-state index contributed by atoms with van der Waals surface area (Å²) in [5.74, 6) is -2.61. The number of aliphatic hydroxyl groups is 1. The van der Waals surface area contributed by atoms with E-state index in [9.17, 15) is 29.9 Å². The van der Waals surface area contributed by atoms with Crippen molar-refractivity contribution in [3.8, 4) is 5.75 Å². The number of hydrogen-bond acceptors (Lipinski definition) is 6. The molecule has 4 rings (SSSR count). The van der Waals surface area contributed by atoms with E-state index in [4.69, 9.17) is 0 Å². The van der Waals surface area contributed by atoms with Gasteiger partial charge >= 0.3 is 0 Å². The predicted octanol–water partition coefficient (Wildman–Crippen LogP) is 4.24. The number of ketones is 1. The number of aliphatic hydroxyl groups excluding tert-OH is 1. The van der Waals surface area contributed by atoms with E-state index in [0.29, 0.717) is 5.56 Å². The topological polar surface area (TPSA) is 121 Å². The molecule has 1 aliphatic heterocycles. The number of phenolic OH excluding ortho intramolecular Hbond substituents is 1. The van der Waals surface area contributed by atoms with Gasteiger partial charge in [0.25, 0.3) is 17.4 Å². The Bertz CT molecular complexity index is 1300. The molecule has 0 bridgehead atoms. The Morgan fingerprint density at radius 3 is 2.38 bits per heavy atom. The van der Waals surface area contributed by atoms with Crippen LogP contribution in [0.3, 0.4) is 0 Å². The smallest absolute Gasteiger partial charge is 0.300 e. The van der Waals surface area contributed by atoms with Gasteiger partial charge in [-0.3, -0.25) is 24.6 Å². The highest BCUT2D eigenvalue weighted by molar-refractivity contribution is 6.52. The number of nitro groups is 1. The van der Waals surface area contributed by atoms with Gasteiger partial charge in [0.15, 0.2) is 0 Å². The van der Waals surface area contributed by atoms with Gasteiger partial charge in [-0.25, -0.2) is 0 Å². The second-order valence-corrected chi connectivity index (χ2v) is 7.32. The zero-order valence-electron chi connectivity index (χ0n) is 16.9. The van der Waals surface area contributed by atoms with Crippen molar-refractivity contribution in [2.75, 3.05) is 4.90 Å². The van der Waals surface area contributed by atoms with E-state index in [2.05, 4.69) is 0 Å². The molecule has 3 aromatic carbocycles. The zero-order valence-corrected chi connectivity index (χ0v) is 16.9. The zero-order chi connectivity index (χ0) is 23.0. The number of rotatable bonds is 4. The molecule has 1 atom stereocenters. The molecule has 2 N–H and O–H groups in total. The summed E-state index contributed by atoms with van der Waals surface area (Å²) in [5.41, 5.74) is 0.991. The molecule has 0 aliphatic carbocycles. The number of aromatic hydroxyl groups is 1. The SMILES string of the molecule is Cc1ccccc1C1/C(=C(\O)c2cccc([N+](=O)[O-])c2)C(=O)C(=O)N1c1ccccc1O. The number of carbonyl (C=O) groups excluding carboxylic acids is 2. The minimum absolute atomic E-state index is 0.0352. The molecule has 8 nitrogen and oxygen atoms in total. The Balaban J connectivity index is 2.00. The average molecular weight is 430 g/mol. The minimum Gasteiger partial charge on any atom is -0.507 e. The van der Waals surface area contributed by atoms with E-state index in [1.54, 1.807) is 43.3 Å². The number of para-hydroxylation sites is 2. The maximum Gasteiger partial charge on any atom is 0.300 e. The fourth-order valence-electron chi connectivity index (χ4n) is 3.86. The molecule has 0 aromatic heterocycles. The molecular weight excluding hydrogens is 412 g/mol. The number of anilines is 1. The standard InChI is InChI=1S/C24H18N2O6/c1-14-7-2-3-10-17(14)21-20(22(28)15-8-6-9-16(13-15)26(31)32)23(29)24(30)25(21)18-11-4-5-12-19(18)27/h2-13,21,27-28H,1H3/b22-20+. The maximum atomic E-state index is 13.1. The van der Waals surface area contributed by atoms with E-state index in [-0.39, 0.29) is 28.3 Å². The highest BCUT2D eigenvalue weighted by Crippen LogP contribution is 2.45. The van der Waals surface area contributed by atoms with Gasteiger partial charge in [-0.1, -0.05) is 48.5 Å². The lowest BCUT2D eigenvalue weighted by Crippen LogP contribution is -2.29. The van der Waals surface area contributed by atoms with E-state index in [1.807, 2.05) is 0 Å². The van der Waals surface area contributed by atoms with Crippen LogP contribution in [-0.4, -0.2) is 26.8 Å². The number of aryl methyl sites for hydroxylation is 1. The van der Waals surface area contributed by atoms with Crippen LogP contribution in [0.25, 0.3) is 5.76 Å². The average Bonchev–Trinajstić information content (AvgIpc) is 3.04. The fourth-order valence-corrected chi connectivity index (χ4v) is 3.86. The molecule has 32 heavy (non-hydrogen) atoms. The second-order valence-electron chi connectivity index (χ2n) is 7.32. The van der Waals surface area contributed by atoms with Gasteiger partial charge in [0, 0.05) is 17.7 Å². The van der Waals surface area contributed by atoms with Crippen molar-refractivity contribution in [2.45, 2.75) is 13.0 Å². The summed E-state index contributed by atoms with van der Waals surface area (Å²) in [6, 6.07) is 17.3. The lowest BCUT2D eigenvalue weighted by molar-refractivity contribution is -0.384. The first-order valence-electron chi connectivity index (χ1n) is 9.70. The van der Waals surface area contributed by atoms with Crippen molar-refractivity contribution >= 4 is 28.8 Å². The van der Waals surface area contributed by atoms with Crippen LogP contribution in [0.15, 0.2) is 78.4 Å². The predicted molar refractivity (Wildman–Crippen MR) is 117 cm³/mol. The van der Waals surface area contributed by atoms with E-state index < -0.39 is 28.4 Å². The molecule has 8 heteroatoms. The van der Waals surface area contributed by atoms with Gasteiger partial charge < -0.3 is 10.2 Å². The van der Waals surface area contributed by atoms with Crippen LogP contribution in [0.5, 0.6) is 5.75 Å². The van der Waals surface area contributed by atoms with Crippen LogP contribution in [0.1, 0.15) is 22.7 Å². The number of Topliss-reactive ketones (excluding diaryl/α,β-unsaturated/α-hetero) is 1. The van der Waals surface area contributed by atoms with Crippen molar-refractivity contribution in [3.63, 3.8) is 0 Å². The van der Waals surface area contributed by atoms with Crippen LogP contribution in [-0.2, 0) is 9.59 Å². The summed E-state index contributed by atoms with van der Waals surface area (Å²) in [6.07, 6.45) is 0. The molecule has 1 saturated heterocycles. The highest BCUT2D eigenvalue weighted by atomic mass is 16.6. The van der Waals surface area contributed by atoms with Crippen LogP contribution in [0, 0.1) is 17.0 Å². The summed E-state index contributed by atoms with van der Waals surface area (Å²) in [5, 5.41) is 32.6. The molecule has 0 saturated carbocycles. The van der Waals surface area contributed by atoms with Crippen LogP contribution < -0.4 is 4.90 Å². The Hall–Kier alpha value is -4.46. The summed E-state index contributed by atoms with van der Waals surface area (Å²) >= 11 is 0. The van der Waals surface area contributed by atoms with Crippen LogP contribution in [0.4, 0.5) is 11.4 Å². The fraction of sp³-hybridized carbons (Fsp3) is 0.0833. The first-order chi connectivity index (χ1) is 15.3. The number of nitro benzene ring substituents is 1. The molecule has 1 aliphatic rings. The third kappa shape index (κ3) is 3.37. The van der Waals surface area contributed by atoms with Crippen molar-refractivity contribution in [1.29, 1.82) is 0 Å². The summed E-state index contributed by atoms with van der Waals surface area (Å²) in [4.78, 5) is 37.9. The third-order valence-electron chi connectivity index (χ3n) is 5.40. The Labute approximate surface area is 182 Å². The molecule has 160 valence electrons. The third-order valence-corrected chi connectivity index (χ3v) is 5.40. The Morgan fingerprint density at radius 2 is 1.69 bits per heavy atom. The van der Waals surface area contributed by atoms with Crippen molar-refractivity contribution in [1.82, 2.24) is 0 Å². The van der Waals surface area contributed by atoms with Crippen molar-refractivity contribution < 1.29 is 24.7 Å². The van der Waals surface area contributed by atoms with Gasteiger partial charge in [-0.15, -0.1) is 0 Å². The number of hydrogen-bond donors (Lipinski definition) is 2. The van der Waals surface area contributed by atoms with E-state index >= 15 is 0 Å². The highest BCUT2D eigenvalue weighted by Gasteiger charge is 2.48. The molecule has 1 fully saturated rings. The van der Waals surface area contributed by atoms with Gasteiger partial charge in [-0.2, -0.15) is 0 Å². The summed E-state index contributed by atoms with van der Waals surface area (Å²) in [7, 11) is 0. The number of benzene rings is 3.